The maximum atomic E-state index is 13.8. The van der Waals surface area contributed by atoms with Crippen molar-refractivity contribution in [1.29, 1.82) is 0 Å². The number of ether oxygens (including phenoxy) is 2. The number of nitrogens with one attached hydrogen (secondary N) is 2. The molecule has 8 rings (SSSR count). The molecular formula is C41H51N9O5. The van der Waals surface area contributed by atoms with E-state index in [1.165, 1.54) is 5.56 Å². The molecule has 0 unspecified atom stereocenters. The summed E-state index contributed by atoms with van der Waals surface area (Å²) in [5.74, 6) is 2.36. The minimum Gasteiger partial charge on any atom is -0.484 e. The molecule has 2 saturated heterocycles. The second-order valence-corrected chi connectivity index (χ2v) is 15.5. The number of carbonyl (C=O) groups is 2. The number of amides is 2. The van der Waals surface area contributed by atoms with Crippen LogP contribution in [0.5, 0.6) is 5.75 Å². The van der Waals surface area contributed by atoms with Gasteiger partial charge in [0.2, 0.25) is 0 Å². The number of hydrogen-bond acceptors (Lipinski definition) is 9. The van der Waals surface area contributed by atoms with E-state index in [-0.39, 0.29) is 36.1 Å². The minimum absolute atomic E-state index is 0.149. The zero-order valence-electron chi connectivity index (χ0n) is 32.0. The number of nitrogens with zero attached hydrogens (tertiary/aromatic N) is 7. The number of fused-ring (bicyclic) bond motifs is 2. The Hall–Kier alpha value is -5.31. The van der Waals surface area contributed by atoms with E-state index in [2.05, 4.69) is 93.2 Å². The highest BCUT2D eigenvalue weighted by atomic mass is 16.5. The number of benzene rings is 2. The highest BCUT2D eigenvalue weighted by Gasteiger charge is 2.31. The molecule has 3 aliphatic rings. The number of rotatable bonds is 8. The molecule has 3 aromatic heterocycles. The van der Waals surface area contributed by atoms with E-state index in [1.807, 2.05) is 47.3 Å². The molecular weight excluding hydrogens is 699 g/mol. The summed E-state index contributed by atoms with van der Waals surface area (Å²) in [5.41, 5.74) is 5.76. The van der Waals surface area contributed by atoms with Crippen LogP contribution in [-0.4, -0.2) is 91.7 Å². The van der Waals surface area contributed by atoms with E-state index >= 15 is 0 Å². The van der Waals surface area contributed by atoms with Crippen molar-refractivity contribution in [2.45, 2.75) is 76.6 Å². The lowest BCUT2D eigenvalue weighted by Crippen LogP contribution is -2.36. The third-order valence-electron chi connectivity index (χ3n) is 10.6. The normalized spacial score (nSPS) is 20.3. The number of likely N-dealkylation sites (tertiary alicyclic amines) is 1. The Labute approximate surface area is 321 Å². The van der Waals surface area contributed by atoms with Gasteiger partial charge in [-0.15, -0.1) is 10.2 Å². The first-order valence-corrected chi connectivity index (χ1v) is 19.1. The van der Waals surface area contributed by atoms with Crippen LogP contribution in [0.1, 0.15) is 92.9 Å². The Kier molecular flexibility index (Phi) is 11.5. The van der Waals surface area contributed by atoms with Crippen LogP contribution in [0, 0.1) is 0 Å². The third-order valence-corrected chi connectivity index (χ3v) is 10.6. The fraction of sp³-hybridized carbons (Fsp3) is 0.439. The van der Waals surface area contributed by atoms with Gasteiger partial charge in [0.1, 0.15) is 17.7 Å². The van der Waals surface area contributed by atoms with Gasteiger partial charge in [-0.05, 0) is 80.2 Å². The summed E-state index contributed by atoms with van der Waals surface area (Å²) in [4.78, 5) is 26.9. The summed E-state index contributed by atoms with van der Waals surface area (Å²) in [6.07, 6.45) is 5.59. The van der Waals surface area contributed by atoms with Crippen LogP contribution in [0.2, 0.25) is 0 Å². The van der Waals surface area contributed by atoms with Crippen molar-refractivity contribution in [1.82, 2.24) is 39.5 Å². The number of aromatic nitrogens is 5. The lowest BCUT2D eigenvalue weighted by molar-refractivity contribution is -0.122. The van der Waals surface area contributed by atoms with Crippen LogP contribution >= 0.6 is 0 Å². The Morgan fingerprint density at radius 2 is 1.76 bits per heavy atom. The average Bonchev–Trinajstić information content (AvgIpc) is 3.91. The number of hydrogen-bond donors (Lipinski definition) is 3. The van der Waals surface area contributed by atoms with Gasteiger partial charge in [-0.1, -0.05) is 57.2 Å². The van der Waals surface area contributed by atoms with Crippen molar-refractivity contribution in [3.8, 4) is 11.4 Å². The molecule has 0 radical (unpaired) electrons. The largest absolute Gasteiger partial charge is 0.484 e. The van der Waals surface area contributed by atoms with E-state index in [9.17, 15) is 4.79 Å². The number of carboxylic acid groups (broad SMARTS) is 1. The van der Waals surface area contributed by atoms with Gasteiger partial charge in [0.25, 0.3) is 6.47 Å². The summed E-state index contributed by atoms with van der Waals surface area (Å²) in [6.45, 7) is 11.4. The van der Waals surface area contributed by atoms with E-state index in [1.54, 1.807) is 0 Å². The average molecular weight is 750 g/mol. The maximum Gasteiger partial charge on any atom is 0.320 e. The molecule has 2 amide bonds. The smallest absolute Gasteiger partial charge is 0.320 e. The summed E-state index contributed by atoms with van der Waals surface area (Å²) < 4.78 is 16.1. The summed E-state index contributed by atoms with van der Waals surface area (Å²) >= 11 is 0. The van der Waals surface area contributed by atoms with E-state index < -0.39 is 0 Å². The molecule has 14 heteroatoms. The summed E-state index contributed by atoms with van der Waals surface area (Å²) in [6, 6.07) is 22.4. The Balaban J connectivity index is 0.00000150. The first kappa shape index (κ1) is 38.0. The molecule has 2 aromatic carbocycles. The van der Waals surface area contributed by atoms with Crippen LogP contribution in [0.4, 0.5) is 10.6 Å². The highest BCUT2D eigenvalue weighted by Crippen LogP contribution is 2.39. The molecule has 1 aliphatic carbocycles. The fourth-order valence-corrected chi connectivity index (χ4v) is 7.76. The molecule has 0 saturated carbocycles. The van der Waals surface area contributed by atoms with Crippen LogP contribution in [0.25, 0.3) is 11.3 Å². The first-order chi connectivity index (χ1) is 26.6. The molecule has 290 valence electrons. The maximum absolute atomic E-state index is 13.8. The van der Waals surface area contributed by atoms with Crippen LogP contribution in [0.15, 0.2) is 72.9 Å². The predicted molar refractivity (Wildman–Crippen MR) is 209 cm³/mol. The number of carbonyl (C=O) groups excluding carboxylic acids is 1. The molecule has 5 aromatic rings. The SMILES string of the molecule is CN1CCC[C@H]1c1nnc2ccc(O[C@@H]3CC[C@H](NC(=O)Nc4cc(C(C)(C)C)nn4-c4cccc(CN5CCOCC5)c4)c4ccccc43)cn12.O=CO. The van der Waals surface area contributed by atoms with Gasteiger partial charge in [-0.3, -0.25) is 24.3 Å². The molecule has 0 spiro atoms. The molecule has 2 fully saturated rings. The molecule has 14 nitrogen and oxygen atoms in total. The quantitative estimate of drug-likeness (QED) is 0.155. The van der Waals surface area contributed by atoms with E-state index in [0.717, 1.165) is 105 Å². The standard InChI is InChI=1S/C40H49N9O3.CH2O2/c1-40(2,3)35-24-37(49(45-35)28-10-7-9-27(23-28)25-47-19-21-51-22-20-47)42-39(50)41-32-15-16-34(31-12-6-5-11-30(31)32)52-29-14-17-36-43-44-38(48(36)26-29)33-13-8-18-46(33)4;2-1-3/h5-7,9-12,14,17,23-24,26,32-34H,8,13,15-16,18-22,25H2,1-4H3,(H2,41,42,50);1H,(H,2,3)/t32-,33-,34+;/m0./s1. The summed E-state index contributed by atoms with van der Waals surface area (Å²) in [7, 11) is 2.15. The summed E-state index contributed by atoms with van der Waals surface area (Å²) in [5, 5.41) is 27.3. The topological polar surface area (TPSA) is 151 Å². The van der Waals surface area contributed by atoms with Gasteiger partial charge < -0.3 is 19.9 Å². The highest BCUT2D eigenvalue weighted by molar-refractivity contribution is 5.89. The van der Waals surface area contributed by atoms with Gasteiger partial charge >= 0.3 is 6.03 Å². The number of morpholine rings is 1. The molecule has 0 bridgehead atoms. The van der Waals surface area contributed by atoms with E-state index in [0.29, 0.717) is 5.82 Å². The number of anilines is 1. The third kappa shape index (κ3) is 8.66. The molecule has 3 atom stereocenters. The molecule has 2 aliphatic heterocycles. The number of pyridine rings is 1. The zero-order chi connectivity index (χ0) is 38.5. The Bertz CT molecular complexity index is 2100. The van der Waals surface area contributed by atoms with E-state index in [4.69, 9.17) is 24.5 Å². The number of urea groups is 1. The van der Waals surface area contributed by atoms with Gasteiger partial charge in [0, 0.05) is 31.1 Å². The lowest BCUT2D eigenvalue weighted by Gasteiger charge is -2.32. The minimum atomic E-state index is -0.271. The second-order valence-electron chi connectivity index (χ2n) is 15.5. The van der Waals surface area contributed by atoms with Crippen molar-refractivity contribution >= 4 is 24.0 Å². The lowest BCUT2D eigenvalue weighted by atomic mass is 9.85. The van der Waals surface area contributed by atoms with Crippen LogP contribution in [-0.2, 0) is 21.5 Å². The monoisotopic (exact) mass is 749 g/mol. The van der Waals surface area contributed by atoms with Crippen LogP contribution < -0.4 is 15.4 Å². The van der Waals surface area contributed by atoms with Crippen molar-refractivity contribution in [2.24, 2.45) is 0 Å². The second kappa shape index (κ2) is 16.6. The predicted octanol–water partition coefficient (Wildman–Crippen LogP) is 6.29. The molecule has 5 heterocycles. The zero-order valence-corrected chi connectivity index (χ0v) is 32.0. The van der Waals surface area contributed by atoms with Crippen molar-refractivity contribution in [3.63, 3.8) is 0 Å². The van der Waals surface area contributed by atoms with Gasteiger partial charge in [0.05, 0.1) is 42.9 Å². The van der Waals surface area contributed by atoms with Gasteiger partial charge in [-0.2, -0.15) is 5.10 Å². The van der Waals surface area contributed by atoms with Gasteiger partial charge in [0.15, 0.2) is 11.5 Å². The first-order valence-electron chi connectivity index (χ1n) is 19.1. The fourth-order valence-electron chi connectivity index (χ4n) is 7.76. The molecule has 3 N–H and O–H groups in total. The Morgan fingerprint density at radius 1 is 0.982 bits per heavy atom. The van der Waals surface area contributed by atoms with Crippen molar-refractivity contribution in [2.75, 3.05) is 45.2 Å². The molecule has 55 heavy (non-hydrogen) atoms. The van der Waals surface area contributed by atoms with Gasteiger partial charge in [-0.25, -0.2) is 9.48 Å². The van der Waals surface area contributed by atoms with Crippen LogP contribution in [0.3, 0.4) is 0 Å². The Morgan fingerprint density at radius 3 is 2.51 bits per heavy atom. The van der Waals surface area contributed by atoms with Crippen molar-refractivity contribution in [3.05, 3.63) is 101 Å². The van der Waals surface area contributed by atoms with Crippen molar-refractivity contribution < 1.29 is 24.2 Å².